The van der Waals surface area contributed by atoms with Crippen molar-refractivity contribution >= 4 is 21.5 Å². The van der Waals surface area contributed by atoms with Gasteiger partial charge in [0.1, 0.15) is 5.65 Å². The minimum absolute atomic E-state index is 0.103. The van der Waals surface area contributed by atoms with Crippen LogP contribution in [0, 0.1) is 5.92 Å². The Kier molecular flexibility index (Phi) is 4.25. The van der Waals surface area contributed by atoms with Crippen molar-refractivity contribution in [3.05, 3.63) is 24.4 Å². The molecule has 2 aromatic rings. The second-order valence-corrected chi connectivity index (χ2v) is 7.36. The molecule has 0 spiro atoms. The molecule has 1 atom stereocenters. The summed E-state index contributed by atoms with van der Waals surface area (Å²) in [6, 6.07) is 5.30. The second-order valence-electron chi connectivity index (χ2n) is 5.45. The topological polar surface area (TPSA) is 66.7 Å². The van der Waals surface area contributed by atoms with E-state index in [9.17, 15) is 8.42 Å². The fourth-order valence-electron chi connectivity index (χ4n) is 2.16. The van der Waals surface area contributed by atoms with Gasteiger partial charge >= 0.3 is 0 Å². The minimum Gasteiger partial charge on any atom is -0.371 e. The molecular formula is C14H22N4O2S. The SMILES string of the molecule is CNc1nc2ccccn2c1S(=O)(=O)N(C)C(C)C(C)C. The van der Waals surface area contributed by atoms with Crippen LogP contribution in [0.4, 0.5) is 5.82 Å². The first-order valence-corrected chi connectivity index (χ1v) is 8.37. The zero-order valence-corrected chi connectivity index (χ0v) is 13.8. The third-order valence-corrected chi connectivity index (χ3v) is 5.85. The van der Waals surface area contributed by atoms with Crippen molar-refractivity contribution in [2.24, 2.45) is 5.92 Å². The maximum Gasteiger partial charge on any atom is 0.262 e. The Balaban J connectivity index is 2.64. The normalized spacial score (nSPS) is 14.0. The van der Waals surface area contributed by atoms with Gasteiger partial charge < -0.3 is 5.32 Å². The number of aromatic nitrogens is 2. The summed E-state index contributed by atoms with van der Waals surface area (Å²) in [5, 5.41) is 3.05. The number of imidazole rings is 1. The Hall–Kier alpha value is -1.60. The van der Waals surface area contributed by atoms with Crippen LogP contribution in [0.25, 0.3) is 5.65 Å². The first kappa shape index (κ1) is 15.8. The molecule has 0 aliphatic rings. The molecule has 0 aliphatic carbocycles. The van der Waals surface area contributed by atoms with Gasteiger partial charge in [0, 0.05) is 26.3 Å². The van der Waals surface area contributed by atoms with Gasteiger partial charge in [0.2, 0.25) is 0 Å². The van der Waals surface area contributed by atoms with Gasteiger partial charge in [-0.3, -0.25) is 4.40 Å². The molecule has 0 bridgehead atoms. The van der Waals surface area contributed by atoms with Gasteiger partial charge in [-0.05, 0) is 25.0 Å². The average molecular weight is 310 g/mol. The zero-order valence-electron chi connectivity index (χ0n) is 13.0. The predicted octanol–water partition coefficient (Wildman–Crippen LogP) is 2.04. The van der Waals surface area contributed by atoms with Crippen LogP contribution in [0.5, 0.6) is 0 Å². The standard InChI is InChI=1S/C14H22N4O2S/c1-10(2)11(3)17(5)21(19,20)14-13(15-4)16-12-8-6-7-9-18(12)14/h6-11,15H,1-5H3. The van der Waals surface area contributed by atoms with Crippen molar-refractivity contribution in [1.82, 2.24) is 13.7 Å². The van der Waals surface area contributed by atoms with E-state index in [0.717, 1.165) is 0 Å². The van der Waals surface area contributed by atoms with Crippen LogP contribution in [0.1, 0.15) is 20.8 Å². The Bertz CT molecular complexity index is 737. The summed E-state index contributed by atoms with van der Waals surface area (Å²) in [7, 11) is -0.352. The van der Waals surface area contributed by atoms with Crippen LogP contribution in [-0.2, 0) is 10.0 Å². The van der Waals surface area contributed by atoms with E-state index in [-0.39, 0.29) is 17.0 Å². The molecule has 6 nitrogen and oxygen atoms in total. The van der Waals surface area contributed by atoms with Crippen molar-refractivity contribution in [3.63, 3.8) is 0 Å². The van der Waals surface area contributed by atoms with E-state index in [1.54, 1.807) is 36.8 Å². The third-order valence-electron chi connectivity index (χ3n) is 3.88. The molecule has 21 heavy (non-hydrogen) atoms. The second kappa shape index (κ2) is 5.65. The summed E-state index contributed by atoms with van der Waals surface area (Å²) in [4.78, 5) is 4.33. The molecule has 116 valence electrons. The van der Waals surface area contributed by atoms with Gasteiger partial charge in [-0.15, -0.1) is 0 Å². The van der Waals surface area contributed by atoms with Gasteiger partial charge in [0.05, 0.1) is 0 Å². The molecular weight excluding hydrogens is 288 g/mol. The summed E-state index contributed by atoms with van der Waals surface area (Å²) < 4.78 is 28.9. The van der Waals surface area contributed by atoms with E-state index in [1.807, 2.05) is 26.8 Å². The Morgan fingerprint density at radius 3 is 2.52 bits per heavy atom. The minimum atomic E-state index is -3.64. The van der Waals surface area contributed by atoms with Gasteiger partial charge in [-0.2, -0.15) is 4.31 Å². The van der Waals surface area contributed by atoms with Gasteiger partial charge in [0.15, 0.2) is 10.8 Å². The van der Waals surface area contributed by atoms with E-state index < -0.39 is 10.0 Å². The average Bonchev–Trinajstić information content (AvgIpc) is 2.84. The quantitative estimate of drug-likeness (QED) is 0.918. The van der Waals surface area contributed by atoms with Crippen molar-refractivity contribution in [2.75, 3.05) is 19.4 Å². The monoisotopic (exact) mass is 310 g/mol. The van der Waals surface area contributed by atoms with Crippen molar-refractivity contribution in [3.8, 4) is 0 Å². The van der Waals surface area contributed by atoms with Crippen molar-refractivity contribution < 1.29 is 8.42 Å². The summed E-state index contributed by atoms with van der Waals surface area (Å²) in [6.07, 6.45) is 1.71. The van der Waals surface area contributed by atoms with E-state index in [0.29, 0.717) is 11.5 Å². The molecule has 2 heterocycles. The van der Waals surface area contributed by atoms with Crippen LogP contribution in [0.2, 0.25) is 0 Å². The predicted molar refractivity (Wildman–Crippen MR) is 84.0 cm³/mol. The summed E-state index contributed by atoms with van der Waals surface area (Å²) >= 11 is 0. The summed E-state index contributed by atoms with van der Waals surface area (Å²) in [5.74, 6) is 0.589. The number of fused-ring (bicyclic) bond motifs is 1. The molecule has 0 saturated heterocycles. The van der Waals surface area contributed by atoms with E-state index in [1.165, 1.54) is 4.31 Å². The summed E-state index contributed by atoms with van der Waals surface area (Å²) in [6.45, 7) is 5.92. The van der Waals surface area contributed by atoms with Crippen LogP contribution in [0.15, 0.2) is 29.4 Å². The van der Waals surface area contributed by atoms with Crippen LogP contribution in [-0.4, -0.2) is 42.2 Å². The van der Waals surface area contributed by atoms with Gasteiger partial charge in [-0.1, -0.05) is 19.9 Å². The number of rotatable bonds is 5. The van der Waals surface area contributed by atoms with E-state index in [4.69, 9.17) is 0 Å². The van der Waals surface area contributed by atoms with Crippen molar-refractivity contribution in [1.29, 1.82) is 0 Å². The highest BCUT2D eigenvalue weighted by atomic mass is 32.2. The molecule has 0 aliphatic heterocycles. The molecule has 2 rings (SSSR count). The lowest BCUT2D eigenvalue weighted by Gasteiger charge is -2.27. The highest BCUT2D eigenvalue weighted by molar-refractivity contribution is 7.89. The molecule has 2 aromatic heterocycles. The number of nitrogens with zero attached hydrogens (tertiary/aromatic N) is 3. The highest BCUT2D eigenvalue weighted by Gasteiger charge is 2.32. The fraction of sp³-hybridized carbons (Fsp3) is 0.500. The first-order valence-electron chi connectivity index (χ1n) is 6.93. The lowest BCUT2D eigenvalue weighted by atomic mass is 10.1. The van der Waals surface area contributed by atoms with Crippen LogP contribution < -0.4 is 5.32 Å². The Morgan fingerprint density at radius 2 is 1.95 bits per heavy atom. The molecule has 7 heteroatoms. The molecule has 1 N–H and O–H groups in total. The maximum atomic E-state index is 13.0. The Morgan fingerprint density at radius 1 is 1.29 bits per heavy atom. The van der Waals surface area contributed by atoms with E-state index in [2.05, 4.69) is 10.3 Å². The molecule has 0 saturated carbocycles. The van der Waals surface area contributed by atoms with Gasteiger partial charge in [-0.25, -0.2) is 13.4 Å². The summed E-state index contributed by atoms with van der Waals surface area (Å²) in [5.41, 5.74) is 0.603. The Labute approximate surface area is 125 Å². The molecule has 0 amide bonds. The number of pyridine rings is 1. The maximum absolute atomic E-state index is 13.0. The number of hydrogen-bond donors (Lipinski definition) is 1. The van der Waals surface area contributed by atoms with Crippen LogP contribution >= 0.6 is 0 Å². The van der Waals surface area contributed by atoms with Crippen LogP contribution in [0.3, 0.4) is 0 Å². The third kappa shape index (κ3) is 2.63. The molecule has 0 fully saturated rings. The largest absolute Gasteiger partial charge is 0.371 e. The fourth-order valence-corrected chi connectivity index (χ4v) is 3.91. The van der Waals surface area contributed by atoms with Gasteiger partial charge in [0.25, 0.3) is 10.0 Å². The smallest absolute Gasteiger partial charge is 0.262 e. The number of nitrogens with one attached hydrogen (secondary N) is 1. The van der Waals surface area contributed by atoms with E-state index >= 15 is 0 Å². The molecule has 0 aromatic carbocycles. The number of sulfonamides is 1. The number of hydrogen-bond acceptors (Lipinski definition) is 4. The number of anilines is 1. The highest BCUT2D eigenvalue weighted by Crippen LogP contribution is 2.27. The molecule has 1 unspecified atom stereocenters. The lowest BCUT2D eigenvalue weighted by molar-refractivity contribution is 0.315. The first-order chi connectivity index (χ1) is 9.80. The van der Waals surface area contributed by atoms with Crippen molar-refractivity contribution in [2.45, 2.75) is 31.8 Å². The lowest BCUT2D eigenvalue weighted by Crippen LogP contribution is -2.38. The zero-order chi connectivity index (χ0) is 15.8. The molecule has 0 radical (unpaired) electrons.